The van der Waals surface area contributed by atoms with Gasteiger partial charge in [0.05, 0.1) is 0 Å². The maximum Gasteiger partial charge on any atom is 0.182 e. The Hall–Kier alpha value is -1.83. The second-order valence-electron chi connectivity index (χ2n) is 4.00. The fourth-order valence-corrected chi connectivity index (χ4v) is 2.02. The SMILES string of the molecule is N#CNc1cc(NC2CCCCC2)ncn1. The first kappa shape index (κ1) is 10.7. The molecule has 0 amide bonds. The third kappa shape index (κ3) is 2.83. The standard InChI is InChI=1S/C11H15N5/c12-7-13-10-6-11(15-8-14-10)16-9-4-2-1-3-5-9/h6,8-9H,1-5H2,(H2,13,14,15,16). The van der Waals surface area contributed by atoms with E-state index in [2.05, 4.69) is 20.6 Å². The molecule has 5 nitrogen and oxygen atoms in total. The minimum absolute atomic E-state index is 0.513. The second kappa shape index (κ2) is 5.31. The van der Waals surface area contributed by atoms with Crippen molar-refractivity contribution < 1.29 is 0 Å². The van der Waals surface area contributed by atoms with Crippen LogP contribution in [0.3, 0.4) is 0 Å². The molecule has 84 valence electrons. The Morgan fingerprint density at radius 2 is 1.94 bits per heavy atom. The van der Waals surface area contributed by atoms with Gasteiger partial charge in [-0.05, 0) is 12.8 Å². The van der Waals surface area contributed by atoms with Crippen molar-refractivity contribution in [2.75, 3.05) is 10.6 Å². The summed E-state index contributed by atoms with van der Waals surface area (Å²) in [5.41, 5.74) is 0. The predicted molar refractivity (Wildman–Crippen MR) is 61.8 cm³/mol. The lowest BCUT2D eigenvalue weighted by Gasteiger charge is -2.23. The molecule has 0 bridgehead atoms. The monoisotopic (exact) mass is 217 g/mol. The first-order chi connectivity index (χ1) is 7.88. The fraction of sp³-hybridized carbons (Fsp3) is 0.545. The van der Waals surface area contributed by atoms with Gasteiger partial charge in [0.25, 0.3) is 0 Å². The van der Waals surface area contributed by atoms with Crippen LogP contribution in [0.1, 0.15) is 32.1 Å². The number of anilines is 2. The Labute approximate surface area is 94.9 Å². The minimum atomic E-state index is 0.513. The maximum atomic E-state index is 8.49. The van der Waals surface area contributed by atoms with Crippen molar-refractivity contribution in [3.63, 3.8) is 0 Å². The van der Waals surface area contributed by atoms with Crippen molar-refractivity contribution in [1.82, 2.24) is 9.97 Å². The molecule has 0 radical (unpaired) electrons. The summed E-state index contributed by atoms with van der Waals surface area (Å²) in [7, 11) is 0. The van der Waals surface area contributed by atoms with Crippen LogP contribution in [0.4, 0.5) is 11.6 Å². The Morgan fingerprint density at radius 1 is 1.19 bits per heavy atom. The summed E-state index contributed by atoms with van der Waals surface area (Å²) in [4.78, 5) is 8.08. The largest absolute Gasteiger partial charge is 0.367 e. The lowest BCUT2D eigenvalue weighted by molar-refractivity contribution is 0.462. The summed E-state index contributed by atoms with van der Waals surface area (Å²) in [5.74, 6) is 1.33. The molecule has 1 heterocycles. The van der Waals surface area contributed by atoms with Gasteiger partial charge in [0.15, 0.2) is 6.19 Å². The summed E-state index contributed by atoms with van der Waals surface area (Å²) >= 11 is 0. The van der Waals surface area contributed by atoms with E-state index in [9.17, 15) is 0 Å². The van der Waals surface area contributed by atoms with Crippen LogP contribution >= 0.6 is 0 Å². The van der Waals surface area contributed by atoms with Gasteiger partial charge in [0.2, 0.25) is 0 Å². The first-order valence-electron chi connectivity index (χ1n) is 5.62. The number of nitriles is 1. The molecule has 0 spiro atoms. The van der Waals surface area contributed by atoms with Crippen LogP contribution in [-0.4, -0.2) is 16.0 Å². The van der Waals surface area contributed by atoms with Crippen molar-refractivity contribution in [3.8, 4) is 6.19 Å². The Morgan fingerprint density at radius 3 is 2.69 bits per heavy atom. The van der Waals surface area contributed by atoms with Crippen LogP contribution < -0.4 is 10.6 Å². The average Bonchev–Trinajstić information content (AvgIpc) is 2.31. The third-order valence-corrected chi connectivity index (χ3v) is 2.81. The number of hydrogen-bond donors (Lipinski definition) is 2. The molecule has 1 aromatic rings. The molecule has 0 unspecified atom stereocenters. The van der Waals surface area contributed by atoms with E-state index in [4.69, 9.17) is 5.26 Å². The van der Waals surface area contributed by atoms with Crippen molar-refractivity contribution in [1.29, 1.82) is 5.26 Å². The highest BCUT2D eigenvalue weighted by Crippen LogP contribution is 2.21. The molecule has 0 aromatic carbocycles. The number of aromatic nitrogens is 2. The van der Waals surface area contributed by atoms with E-state index in [1.165, 1.54) is 38.4 Å². The van der Waals surface area contributed by atoms with Crippen LogP contribution in [0.25, 0.3) is 0 Å². The molecule has 1 saturated carbocycles. The molecule has 5 heteroatoms. The van der Waals surface area contributed by atoms with Gasteiger partial charge in [-0.25, -0.2) is 9.97 Å². The molecule has 1 aliphatic carbocycles. The molecule has 1 aliphatic rings. The van der Waals surface area contributed by atoms with E-state index in [1.54, 1.807) is 6.07 Å². The molecule has 1 aromatic heterocycles. The molecule has 0 atom stereocenters. The molecule has 1 fully saturated rings. The van der Waals surface area contributed by atoms with E-state index in [0.29, 0.717) is 11.9 Å². The summed E-state index contributed by atoms with van der Waals surface area (Å²) in [6.07, 6.45) is 9.61. The van der Waals surface area contributed by atoms with E-state index in [1.807, 2.05) is 6.19 Å². The van der Waals surface area contributed by atoms with Crippen LogP contribution in [0.2, 0.25) is 0 Å². The zero-order valence-electron chi connectivity index (χ0n) is 9.11. The minimum Gasteiger partial charge on any atom is -0.367 e. The average molecular weight is 217 g/mol. The van der Waals surface area contributed by atoms with Crippen molar-refractivity contribution in [3.05, 3.63) is 12.4 Å². The van der Waals surface area contributed by atoms with Gasteiger partial charge >= 0.3 is 0 Å². The van der Waals surface area contributed by atoms with E-state index in [0.717, 1.165) is 5.82 Å². The fourth-order valence-electron chi connectivity index (χ4n) is 2.02. The normalized spacial score (nSPS) is 16.4. The number of nitrogens with zero attached hydrogens (tertiary/aromatic N) is 3. The van der Waals surface area contributed by atoms with E-state index >= 15 is 0 Å². The lowest BCUT2D eigenvalue weighted by atomic mass is 9.95. The molecule has 2 rings (SSSR count). The predicted octanol–water partition coefficient (Wildman–Crippen LogP) is 2.11. The van der Waals surface area contributed by atoms with Gasteiger partial charge in [-0.3, -0.25) is 5.32 Å². The zero-order valence-corrected chi connectivity index (χ0v) is 9.11. The smallest absolute Gasteiger partial charge is 0.182 e. The van der Waals surface area contributed by atoms with Crippen molar-refractivity contribution in [2.24, 2.45) is 0 Å². The Bertz CT molecular complexity index is 378. The van der Waals surface area contributed by atoms with Crippen LogP contribution in [-0.2, 0) is 0 Å². The molecular weight excluding hydrogens is 202 g/mol. The maximum absolute atomic E-state index is 8.49. The lowest BCUT2D eigenvalue weighted by Crippen LogP contribution is -2.22. The summed E-state index contributed by atoms with van der Waals surface area (Å²) in [6.45, 7) is 0. The third-order valence-electron chi connectivity index (χ3n) is 2.81. The molecular formula is C11H15N5. The van der Waals surface area contributed by atoms with Gasteiger partial charge in [-0.2, -0.15) is 5.26 Å². The Kier molecular flexibility index (Phi) is 3.54. The van der Waals surface area contributed by atoms with Crippen molar-refractivity contribution in [2.45, 2.75) is 38.1 Å². The highest BCUT2D eigenvalue weighted by molar-refractivity contribution is 5.48. The number of nitrogens with one attached hydrogen (secondary N) is 2. The first-order valence-corrected chi connectivity index (χ1v) is 5.62. The highest BCUT2D eigenvalue weighted by Gasteiger charge is 2.13. The van der Waals surface area contributed by atoms with Crippen molar-refractivity contribution >= 4 is 11.6 Å². The number of hydrogen-bond acceptors (Lipinski definition) is 5. The second-order valence-corrected chi connectivity index (χ2v) is 4.00. The van der Waals surface area contributed by atoms with Gasteiger partial charge < -0.3 is 5.32 Å². The van der Waals surface area contributed by atoms with Crippen LogP contribution in [0.15, 0.2) is 12.4 Å². The van der Waals surface area contributed by atoms with Gasteiger partial charge in [-0.15, -0.1) is 0 Å². The van der Waals surface area contributed by atoms with Gasteiger partial charge in [0.1, 0.15) is 18.0 Å². The van der Waals surface area contributed by atoms with E-state index < -0.39 is 0 Å². The summed E-state index contributed by atoms with van der Waals surface area (Å²) in [6, 6.07) is 2.27. The molecule has 16 heavy (non-hydrogen) atoms. The van der Waals surface area contributed by atoms with Gasteiger partial charge in [0, 0.05) is 12.1 Å². The van der Waals surface area contributed by atoms with Gasteiger partial charge in [-0.1, -0.05) is 19.3 Å². The molecule has 2 N–H and O–H groups in total. The summed E-state index contributed by atoms with van der Waals surface area (Å²) in [5, 5.41) is 14.4. The molecule has 0 aliphatic heterocycles. The van der Waals surface area contributed by atoms with Crippen LogP contribution in [0, 0.1) is 11.5 Å². The topological polar surface area (TPSA) is 73.6 Å². The number of rotatable bonds is 3. The Balaban J connectivity index is 1.97. The highest BCUT2D eigenvalue weighted by atomic mass is 15.1. The molecule has 0 saturated heterocycles. The van der Waals surface area contributed by atoms with Crippen LogP contribution in [0.5, 0.6) is 0 Å². The summed E-state index contributed by atoms with van der Waals surface area (Å²) < 4.78 is 0. The quantitative estimate of drug-likeness (QED) is 0.599. The van der Waals surface area contributed by atoms with E-state index in [-0.39, 0.29) is 0 Å². The zero-order chi connectivity index (χ0) is 11.2.